The van der Waals surface area contributed by atoms with Gasteiger partial charge in [-0.1, -0.05) is 19.9 Å². The summed E-state index contributed by atoms with van der Waals surface area (Å²) in [5.41, 5.74) is 2.12. The minimum Gasteiger partial charge on any atom is -0.334 e. The number of aryl methyl sites for hydroxylation is 2. The molecule has 130 valence electrons. The number of aromatic nitrogens is 2. The molecule has 0 amide bonds. The van der Waals surface area contributed by atoms with E-state index in [9.17, 15) is 8.42 Å². The van der Waals surface area contributed by atoms with Gasteiger partial charge in [-0.05, 0) is 37.1 Å². The number of nitrogens with zero attached hydrogens (tertiary/aromatic N) is 3. The average Bonchev–Trinajstić information content (AvgIpc) is 2.93. The summed E-state index contributed by atoms with van der Waals surface area (Å²) in [4.78, 5) is 4.79. The average molecular weight is 347 g/mol. The van der Waals surface area contributed by atoms with Crippen LogP contribution in [0.2, 0.25) is 0 Å². The second-order valence-corrected chi connectivity index (χ2v) is 8.96. The third-order valence-electron chi connectivity index (χ3n) is 4.76. The van der Waals surface area contributed by atoms with Crippen LogP contribution in [-0.2, 0) is 16.6 Å². The van der Waals surface area contributed by atoms with E-state index in [0.717, 1.165) is 23.5 Å². The van der Waals surface area contributed by atoms with E-state index in [1.165, 1.54) is 0 Å². The minimum atomic E-state index is -3.37. The highest BCUT2D eigenvalue weighted by atomic mass is 32.2. The first-order valence-corrected chi connectivity index (χ1v) is 9.81. The van der Waals surface area contributed by atoms with E-state index >= 15 is 0 Å². The van der Waals surface area contributed by atoms with Crippen molar-refractivity contribution in [2.24, 2.45) is 5.92 Å². The van der Waals surface area contributed by atoms with Gasteiger partial charge in [0.2, 0.25) is 10.0 Å². The topological polar surface area (TPSA) is 55.2 Å². The Labute approximate surface area is 144 Å². The van der Waals surface area contributed by atoms with Crippen LogP contribution in [0.4, 0.5) is 0 Å². The molecule has 0 N–H and O–H groups in total. The lowest BCUT2D eigenvalue weighted by Gasteiger charge is -2.38. The van der Waals surface area contributed by atoms with Crippen molar-refractivity contribution in [3.63, 3.8) is 0 Å². The smallest absolute Gasteiger partial charge is 0.243 e. The van der Waals surface area contributed by atoms with Crippen LogP contribution in [-0.4, -0.2) is 35.4 Å². The zero-order valence-corrected chi connectivity index (χ0v) is 15.5. The Hall–Kier alpha value is -1.66. The Morgan fingerprint density at radius 1 is 1.21 bits per heavy atom. The standard InChI is InChI=1S/C18H25N3O2S/c1-13(2)18-19-7-8-20(18)10-16-11-21(12-16)24(22,23)17-6-5-14(3)15(4)9-17/h5-9,13,16H,10-12H2,1-4H3. The van der Waals surface area contributed by atoms with Gasteiger partial charge in [0.25, 0.3) is 0 Å². The zero-order chi connectivity index (χ0) is 17.5. The molecule has 0 spiro atoms. The molecule has 6 heteroatoms. The van der Waals surface area contributed by atoms with Gasteiger partial charge in [0, 0.05) is 43.9 Å². The molecular formula is C18H25N3O2S. The number of imidazole rings is 1. The zero-order valence-electron chi connectivity index (χ0n) is 14.7. The molecule has 1 aromatic heterocycles. The van der Waals surface area contributed by atoms with E-state index < -0.39 is 10.0 Å². The molecule has 0 unspecified atom stereocenters. The van der Waals surface area contributed by atoms with E-state index in [1.807, 2.05) is 32.3 Å². The van der Waals surface area contributed by atoms with Crippen molar-refractivity contribution in [1.82, 2.24) is 13.9 Å². The molecule has 2 heterocycles. The fourth-order valence-corrected chi connectivity index (χ4v) is 4.79. The quantitative estimate of drug-likeness (QED) is 0.835. The molecule has 2 aromatic rings. The Kier molecular flexibility index (Phi) is 4.53. The molecule has 0 saturated carbocycles. The van der Waals surface area contributed by atoms with Crippen molar-refractivity contribution in [1.29, 1.82) is 0 Å². The van der Waals surface area contributed by atoms with Crippen LogP contribution in [0, 0.1) is 19.8 Å². The van der Waals surface area contributed by atoms with Gasteiger partial charge in [0.15, 0.2) is 0 Å². The van der Waals surface area contributed by atoms with Crippen molar-refractivity contribution in [2.45, 2.75) is 45.1 Å². The molecule has 1 saturated heterocycles. The summed E-state index contributed by atoms with van der Waals surface area (Å²) < 4.78 is 29.1. The van der Waals surface area contributed by atoms with Crippen LogP contribution in [0.15, 0.2) is 35.5 Å². The van der Waals surface area contributed by atoms with Crippen molar-refractivity contribution in [2.75, 3.05) is 13.1 Å². The molecule has 1 aromatic carbocycles. The van der Waals surface area contributed by atoms with Crippen LogP contribution in [0.25, 0.3) is 0 Å². The normalized spacial score (nSPS) is 16.5. The highest BCUT2D eigenvalue weighted by Gasteiger charge is 2.37. The van der Waals surface area contributed by atoms with Crippen LogP contribution in [0.5, 0.6) is 0 Å². The van der Waals surface area contributed by atoms with Gasteiger partial charge in [-0.3, -0.25) is 0 Å². The molecular weight excluding hydrogens is 322 g/mol. The SMILES string of the molecule is Cc1ccc(S(=O)(=O)N2CC(Cn3ccnc3C(C)C)C2)cc1C. The molecule has 1 aliphatic rings. The number of sulfonamides is 1. The first kappa shape index (κ1) is 17.2. The lowest BCUT2D eigenvalue weighted by Crippen LogP contribution is -2.51. The van der Waals surface area contributed by atoms with Crippen LogP contribution in [0.1, 0.15) is 36.7 Å². The molecule has 0 bridgehead atoms. The Balaban J connectivity index is 1.67. The van der Waals surface area contributed by atoms with Crippen LogP contribution < -0.4 is 0 Å². The summed E-state index contributed by atoms with van der Waals surface area (Å²) in [5.74, 6) is 1.78. The number of benzene rings is 1. The van der Waals surface area contributed by atoms with Gasteiger partial charge >= 0.3 is 0 Å². The van der Waals surface area contributed by atoms with Crippen molar-refractivity contribution < 1.29 is 8.42 Å². The predicted molar refractivity (Wildman–Crippen MR) is 94.5 cm³/mol. The second-order valence-electron chi connectivity index (χ2n) is 7.03. The summed E-state index contributed by atoms with van der Waals surface area (Å²) >= 11 is 0. The highest BCUT2D eigenvalue weighted by Crippen LogP contribution is 2.28. The van der Waals surface area contributed by atoms with E-state index in [0.29, 0.717) is 29.8 Å². The summed E-state index contributed by atoms with van der Waals surface area (Å²) in [6.07, 6.45) is 3.80. The molecule has 5 nitrogen and oxygen atoms in total. The van der Waals surface area contributed by atoms with Gasteiger partial charge in [-0.15, -0.1) is 0 Å². The van der Waals surface area contributed by atoms with Crippen molar-refractivity contribution >= 4 is 10.0 Å². The van der Waals surface area contributed by atoms with E-state index in [2.05, 4.69) is 23.4 Å². The Morgan fingerprint density at radius 3 is 2.54 bits per heavy atom. The third-order valence-corrected chi connectivity index (χ3v) is 6.59. The summed E-state index contributed by atoms with van der Waals surface area (Å²) in [5, 5.41) is 0. The molecule has 0 aliphatic carbocycles. The second kappa shape index (κ2) is 6.33. The Bertz CT molecular complexity index is 834. The maximum Gasteiger partial charge on any atom is 0.243 e. The minimum absolute atomic E-state index is 0.345. The van der Waals surface area contributed by atoms with E-state index in [1.54, 1.807) is 16.4 Å². The van der Waals surface area contributed by atoms with Gasteiger partial charge in [0.05, 0.1) is 4.90 Å². The van der Waals surface area contributed by atoms with Crippen molar-refractivity contribution in [3.05, 3.63) is 47.5 Å². The van der Waals surface area contributed by atoms with E-state index in [-0.39, 0.29) is 0 Å². The van der Waals surface area contributed by atoms with Gasteiger partial charge in [-0.2, -0.15) is 4.31 Å². The molecule has 3 rings (SSSR count). The van der Waals surface area contributed by atoms with Gasteiger partial charge < -0.3 is 4.57 Å². The lowest BCUT2D eigenvalue weighted by atomic mass is 10.0. The maximum absolute atomic E-state index is 12.7. The van der Waals surface area contributed by atoms with E-state index in [4.69, 9.17) is 0 Å². The van der Waals surface area contributed by atoms with Crippen molar-refractivity contribution in [3.8, 4) is 0 Å². The number of rotatable bonds is 5. The van der Waals surface area contributed by atoms with Crippen LogP contribution in [0.3, 0.4) is 0 Å². The van der Waals surface area contributed by atoms with Gasteiger partial charge in [0.1, 0.15) is 5.82 Å². The number of hydrogen-bond donors (Lipinski definition) is 0. The lowest BCUT2D eigenvalue weighted by molar-refractivity contribution is 0.178. The fourth-order valence-electron chi connectivity index (χ4n) is 3.11. The molecule has 0 atom stereocenters. The molecule has 24 heavy (non-hydrogen) atoms. The molecule has 0 radical (unpaired) electrons. The fraction of sp³-hybridized carbons (Fsp3) is 0.500. The third kappa shape index (κ3) is 3.13. The largest absolute Gasteiger partial charge is 0.334 e. The summed E-state index contributed by atoms with van der Waals surface area (Å²) in [7, 11) is -3.37. The number of hydrogen-bond acceptors (Lipinski definition) is 3. The Morgan fingerprint density at radius 2 is 1.92 bits per heavy atom. The van der Waals surface area contributed by atoms with Gasteiger partial charge in [-0.25, -0.2) is 13.4 Å². The van der Waals surface area contributed by atoms with Crippen LogP contribution >= 0.6 is 0 Å². The first-order valence-electron chi connectivity index (χ1n) is 8.37. The predicted octanol–water partition coefficient (Wildman–Crippen LogP) is 2.94. The molecule has 1 fully saturated rings. The monoisotopic (exact) mass is 347 g/mol. The summed E-state index contributed by atoms with van der Waals surface area (Å²) in [6.45, 7) is 10.1. The molecule has 1 aliphatic heterocycles. The summed E-state index contributed by atoms with van der Waals surface area (Å²) in [6, 6.07) is 5.35. The first-order chi connectivity index (χ1) is 11.3. The highest BCUT2D eigenvalue weighted by molar-refractivity contribution is 7.89. The maximum atomic E-state index is 12.7.